The van der Waals surface area contributed by atoms with Crippen LogP contribution in [0.25, 0.3) is 0 Å². The highest BCUT2D eigenvalue weighted by molar-refractivity contribution is 7.92. The van der Waals surface area contributed by atoms with Gasteiger partial charge in [0, 0.05) is 10.0 Å². The van der Waals surface area contributed by atoms with E-state index in [0.29, 0.717) is 21.5 Å². The Morgan fingerprint density at radius 2 is 1.59 bits per heavy atom. The number of amides is 1. The van der Waals surface area contributed by atoms with E-state index >= 15 is 0 Å². The molecule has 0 saturated carbocycles. The fourth-order valence-electron chi connectivity index (χ4n) is 2.86. The van der Waals surface area contributed by atoms with E-state index in [1.807, 2.05) is 18.2 Å². The number of anilines is 2. The number of carbonyl (C=O) groups is 1. The molecule has 0 aliphatic rings. The number of benzene rings is 3. The molecule has 0 bridgehead atoms. The second-order valence-electron chi connectivity index (χ2n) is 6.69. The maximum absolute atomic E-state index is 12.9. The lowest BCUT2D eigenvalue weighted by atomic mass is 10.2. The first kappa shape index (κ1) is 23.7. The number of hydrogen-bond donors (Lipinski definition) is 1. The Kier molecular flexibility index (Phi) is 7.50. The van der Waals surface area contributed by atoms with Crippen molar-refractivity contribution in [3.8, 4) is 17.2 Å². The van der Waals surface area contributed by atoms with Gasteiger partial charge in [-0.05, 0) is 48.5 Å². The Morgan fingerprint density at radius 3 is 2.22 bits per heavy atom. The lowest BCUT2D eigenvalue weighted by Gasteiger charge is -2.24. The van der Waals surface area contributed by atoms with Gasteiger partial charge in [-0.25, -0.2) is 8.42 Å². The van der Waals surface area contributed by atoms with Gasteiger partial charge in [-0.15, -0.1) is 0 Å². The molecule has 0 aromatic heterocycles. The largest absolute Gasteiger partial charge is 0.495 e. The van der Waals surface area contributed by atoms with Crippen LogP contribution in [0, 0.1) is 0 Å². The average molecular weight is 495 g/mol. The van der Waals surface area contributed by atoms with Crippen LogP contribution in [-0.2, 0) is 14.8 Å². The maximum Gasteiger partial charge on any atom is 0.245 e. The lowest BCUT2D eigenvalue weighted by Crippen LogP contribution is -2.37. The van der Waals surface area contributed by atoms with Crippen molar-refractivity contribution in [3.63, 3.8) is 0 Å². The number of sulfonamides is 1. The van der Waals surface area contributed by atoms with Gasteiger partial charge in [-0.3, -0.25) is 9.10 Å². The van der Waals surface area contributed by atoms with Gasteiger partial charge in [-0.1, -0.05) is 41.4 Å². The van der Waals surface area contributed by atoms with E-state index in [-0.39, 0.29) is 17.1 Å². The summed E-state index contributed by atoms with van der Waals surface area (Å²) in [6.45, 7) is -0.521. The third-order valence-electron chi connectivity index (χ3n) is 4.28. The molecule has 10 heteroatoms. The molecule has 0 aliphatic heterocycles. The first-order chi connectivity index (χ1) is 15.2. The van der Waals surface area contributed by atoms with E-state index < -0.39 is 22.5 Å². The summed E-state index contributed by atoms with van der Waals surface area (Å²) in [5.74, 6) is 0.549. The van der Waals surface area contributed by atoms with E-state index in [2.05, 4.69) is 5.32 Å². The summed E-state index contributed by atoms with van der Waals surface area (Å²) in [5.41, 5.74) is 0.433. The van der Waals surface area contributed by atoms with Gasteiger partial charge in [0.05, 0.1) is 24.7 Å². The summed E-state index contributed by atoms with van der Waals surface area (Å²) < 4.78 is 36.9. The predicted molar refractivity (Wildman–Crippen MR) is 127 cm³/mol. The highest BCUT2D eigenvalue weighted by atomic mass is 35.5. The van der Waals surface area contributed by atoms with Crippen molar-refractivity contribution in [1.29, 1.82) is 0 Å². The Balaban J connectivity index is 1.88. The monoisotopic (exact) mass is 494 g/mol. The Labute approximate surface area is 196 Å². The number of para-hydroxylation sites is 1. The van der Waals surface area contributed by atoms with Gasteiger partial charge in [-0.2, -0.15) is 0 Å². The van der Waals surface area contributed by atoms with Gasteiger partial charge in [0.1, 0.15) is 18.0 Å². The normalized spacial score (nSPS) is 11.0. The van der Waals surface area contributed by atoms with Crippen LogP contribution in [-0.4, -0.2) is 34.2 Å². The topological polar surface area (TPSA) is 84.9 Å². The van der Waals surface area contributed by atoms with Gasteiger partial charge in [0.25, 0.3) is 0 Å². The molecule has 3 aromatic carbocycles. The van der Waals surface area contributed by atoms with Gasteiger partial charge in [0.2, 0.25) is 15.9 Å². The average Bonchev–Trinajstić information content (AvgIpc) is 2.74. The number of rotatable bonds is 8. The minimum absolute atomic E-state index is 0.143. The molecule has 0 radical (unpaired) electrons. The molecular formula is C22H20Cl2N2O5S. The van der Waals surface area contributed by atoms with Crippen LogP contribution in [0.1, 0.15) is 0 Å². The third kappa shape index (κ3) is 6.06. The first-order valence-electron chi connectivity index (χ1n) is 9.31. The zero-order valence-corrected chi connectivity index (χ0v) is 19.5. The first-order valence-corrected chi connectivity index (χ1v) is 11.9. The van der Waals surface area contributed by atoms with Crippen molar-refractivity contribution in [2.24, 2.45) is 0 Å². The number of nitrogens with one attached hydrogen (secondary N) is 1. The fourth-order valence-corrected chi connectivity index (χ4v) is 4.05. The summed E-state index contributed by atoms with van der Waals surface area (Å²) in [4.78, 5) is 12.9. The van der Waals surface area contributed by atoms with Gasteiger partial charge < -0.3 is 14.8 Å². The maximum atomic E-state index is 12.9. The molecule has 0 spiro atoms. The molecule has 0 fully saturated rings. The number of hydrogen-bond acceptors (Lipinski definition) is 5. The Morgan fingerprint density at radius 1 is 0.969 bits per heavy atom. The molecule has 7 nitrogen and oxygen atoms in total. The fraction of sp³-hybridized carbons (Fsp3) is 0.136. The van der Waals surface area contributed by atoms with Crippen molar-refractivity contribution in [2.45, 2.75) is 0 Å². The summed E-state index contributed by atoms with van der Waals surface area (Å²) in [6, 6.07) is 18.2. The van der Waals surface area contributed by atoms with E-state index in [0.717, 1.165) is 10.6 Å². The highest BCUT2D eigenvalue weighted by Crippen LogP contribution is 2.34. The quantitative estimate of drug-likeness (QED) is 0.465. The number of ether oxygens (including phenoxy) is 2. The van der Waals surface area contributed by atoms with Crippen molar-refractivity contribution in [2.75, 3.05) is 29.5 Å². The smallest absolute Gasteiger partial charge is 0.245 e. The van der Waals surface area contributed by atoms with E-state index in [4.69, 9.17) is 32.7 Å². The zero-order valence-electron chi connectivity index (χ0n) is 17.2. The molecule has 1 N–H and O–H groups in total. The lowest BCUT2D eigenvalue weighted by molar-refractivity contribution is -0.114. The molecule has 3 aromatic rings. The molecule has 0 heterocycles. The van der Waals surface area contributed by atoms with Crippen molar-refractivity contribution < 1.29 is 22.7 Å². The van der Waals surface area contributed by atoms with E-state index in [1.54, 1.807) is 30.3 Å². The van der Waals surface area contributed by atoms with Crippen molar-refractivity contribution >= 4 is 50.5 Å². The Hall–Kier alpha value is -2.94. The molecule has 0 atom stereocenters. The van der Waals surface area contributed by atoms with Crippen LogP contribution in [0.15, 0.2) is 66.7 Å². The molecule has 0 aliphatic carbocycles. The van der Waals surface area contributed by atoms with E-state index in [1.165, 1.54) is 25.3 Å². The minimum atomic E-state index is -3.84. The molecular weight excluding hydrogens is 475 g/mol. The summed E-state index contributed by atoms with van der Waals surface area (Å²) >= 11 is 12.1. The molecule has 0 unspecified atom stereocenters. The number of nitrogens with zero attached hydrogens (tertiary/aromatic N) is 1. The minimum Gasteiger partial charge on any atom is -0.495 e. The van der Waals surface area contributed by atoms with Crippen molar-refractivity contribution in [1.82, 2.24) is 0 Å². The molecule has 32 heavy (non-hydrogen) atoms. The van der Waals surface area contributed by atoms with Crippen LogP contribution >= 0.6 is 23.2 Å². The van der Waals surface area contributed by atoms with Crippen LogP contribution in [0.3, 0.4) is 0 Å². The summed E-state index contributed by atoms with van der Waals surface area (Å²) in [6.07, 6.45) is 0.990. The second kappa shape index (κ2) is 10.1. The third-order valence-corrected chi connectivity index (χ3v) is 5.88. The van der Waals surface area contributed by atoms with Gasteiger partial charge >= 0.3 is 0 Å². The number of halogens is 2. The van der Waals surface area contributed by atoms with Crippen molar-refractivity contribution in [3.05, 3.63) is 76.8 Å². The molecule has 1 amide bonds. The summed E-state index contributed by atoms with van der Waals surface area (Å²) in [5, 5.41) is 3.33. The second-order valence-corrected chi connectivity index (χ2v) is 9.47. The van der Waals surface area contributed by atoms with Crippen LogP contribution < -0.4 is 19.1 Å². The highest BCUT2D eigenvalue weighted by Gasteiger charge is 2.25. The van der Waals surface area contributed by atoms with Crippen LogP contribution in [0.2, 0.25) is 10.0 Å². The Bertz CT molecular complexity index is 1220. The number of methoxy groups -OCH3 is 1. The van der Waals surface area contributed by atoms with Crippen LogP contribution in [0.5, 0.6) is 17.2 Å². The summed E-state index contributed by atoms with van der Waals surface area (Å²) in [7, 11) is -2.45. The van der Waals surface area contributed by atoms with Gasteiger partial charge in [0.15, 0.2) is 5.75 Å². The predicted octanol–water partition coefficient (Wildman–Crippen LogP) is 5.20. The standard InChI is InChI=1S/C22H20Cl2N2O5S/c1-30-21-11-9-16(24)13-19(21)26(32(2,28)29)14-22(27)25-18-12-15(23)8-10-20(18)31-17-6-4-3-5-7-17/h3-13H,14H2,1-2H3,(H,25,27). The number of carbonyl (C=O) groups excluding carboxylic acids is 1. The van der Waals surface area contributed by atoms with E-state index in [9.17, 15) is 13.2 Å². The zero-order chi connectivity index (χ0) is 23.3. The SMILES string of the molecule is COc1ccc(Cl)cc1N(CC(=O)Nc1cc(Cl)ccc1Oc1ccccc1)S(C)(=O)=O. The molecule has 168 valence electrons. The molecule has 3 rings (SSSR count). The molecule has 0 saturated heterocycles. The van der Waals surface area contributed by atoms with Crippen LogP contribution in [0.4, 0.5) is 11.4 Å².